The SMILES string of the molecule is Cc1cnc(CN(C)C(=O)c2ccc(CN3CCCCCC3)cc2)[nH]1. The number of hydrogen-bond donors (Lipinski definition) is 1. The number of aromatic nitrogens is 2. The van der Waals surface area contributed by atoms with Crippen molar-refractivity contribution >= 4 is 5.91 Å². The van der Waals surface area contributed by atoms with Crippen LogP contribution in [-0.2, 0) is 13.1 Å². The fourth-order valence-electron chi connectivity index (χ4n) is 3.37. The van der Waals surface area contributed by atoms with Crippen molar-refractivity contribution in [2.75, 3.05) is 20.1 Å². The van der Waals surface area contributed by atoms with Gasteiger partial charge in [-0.25, -0.2) is 4.98 Å². The number of carbonyl (C=O) groups is 1. The van der Waals surface area contributed by atoms with Gasteiger partial charge >= 0.3 is 0 Å². The predicted octanol–water partition coefficient (Wildman–Crippen LogP) is 3.37. The maximum Gasteiger partial charge on any atom is 0.253 e. The quantitative estimate of drug-likeness (QED) is 0.908. The number of hydrogen-bond acceptors (Lipinski definition) is 3. The zero-order chi connectivity index (χ0) is 17.6. The first-order chi connectivity index (χ1) is 12.1. The molecule has 0 atom stereocenters. The van der Waals surface area contributed by atoms with E-state index in [-0.39, 0.29) is 5.91 Å². The highest BCUT2D eigenvalue weighted by Gasteiger charge is 2.14. The fourth-order valence-corrected chi connectivity index (χ4v) is 3.37. The Kier molecular flexibility index (Phi) is 5.87. The molecule has 0 bridgehead atoms. The van der Waals surface area contributed by atoms with Crippen molar-refractivity contribution in [3.8, 4) is 0 Å². The number of rotatable bonds is 5. The lowest BCUT2D eigenvalue weighted by Gasteiger charge is -2.20. The summed E-state index contributed by atoms with van der Waals surface area (Å²) in [6.45, 7) is 5.80. The number of nitrogens with one attached hydrogen (secondary N) is 1. The first-order valence-corrected chi connectivity index (χ1v) is 9.19. The van der Waals surface area contributed by atoms with Crippen LogP contribution in [0, 0.1) is 6.92 Å². The van der Waals surface area contributed by atoms with Crippen molar-refractivity contribution in [1.82, 2.24) is 19.8 Å². The third-order valence-corrected chi connectivity index (χ3v) is 4.79. The fraction of sp³-hybridized carbons (Fsp3) is 0.500. The Balaban J connectivity index is 1.57. The van der Waals surface area contributed by atoms with Gasteiger partial charge in [0.05, 0.1) is 6.54 Å². The zero-order valence-electron chi connectivity index (χ0n) is 15.3. The molecule has 1 amide bonds. The Labute approximate surface area is 150 Å². The molecule has 1 aliphatic rings. The lowest BCUT2D eigenvalue weighted by Crippen LogP contribution is -2.27. The number of nitrogens with zero attached hydrogens (tertiary/aromatic N) is 3. The molecule has 1 aromatic heterocycles. The lowest BCUT2D eigenvalue weighted by atomic mass is 10.1. The molecule has 1 aliphatic heterocycles. The summed E-state index contributed by atoms with van der Waals surface area (Å²) >= 11 is 0. The molecule has 1 aromatic carbocycles. The third-order valence-electron chi connectivity index (χ3n) is 4.79. The van der Waals surface area contributed by atoms with Crippen LogP contribution in [0.2, 0.25) is 0 Å². The van der Waals surface area contributed by atoms with Gasteiger partial charge in [-0.05, 0) is 50.6 Å². The van der Waals surface area contributed by atoms with Crippen LogP contribution in [0.1, 0.15) is 53.1 Å². The minimum atomic E-state index is 0.0235. The average Bonchev–Trinajstić information content (AvgIpc) is 2.85. The monoisotopic (exact) mass is 340 g/mol. The zero-order valence-corrected chi connectivity index (χ0v) is 15.3. The van der Waals surface area contributed by atoms with E-state index in [1.807, 2.05) is 26.1 Å². The van der Waals surface area contributed by atoms with Gasteiger partial charge in [0.1, 0.15) is 5.82 Å². The number of H-pyrrole nitrogens is 1. The van der Waals surface area contributed by atoms with Gasteiger partial charge in [-0.1, -0.05) is 25.0 Å². The van der Waals surface area contributed by atoms with E-state index >= 15 is 0 Å². The molecule has 0 spiro atoms. The van der Waals surface area contributed by atoms with Crippen LogP contribution in [0.3, 0.4) is 0 Å². The lowest BCUT2D eigenvalue weighted by molar-refractivity contribution is 0.0782. The van der Waals surface area contributed by atoms with E-state index in [9.17, 15) is 4.79 Å². The van der Waals surface area contributed by atoms with Crippen LogP contribution >= 0.6 is 0 Å². The van der Waals surface area contributed by atoms with Gasteiger partial charge in [-0.3, -0.25) is 9.69 Å². The number of aryl methyl sites for hydroxylation is 1. The number of benzene rings is 1. The summed E-state index contributed by atoms with van der Waals surface area (Å²) in [5, 5.41) is 0. The molecule has 0 saturated carbocycles. The highest BCUT2D eigenvalue weighted by atomic mass is 16.2. The van der Waals surface area contributed by atoms with E-state index in [2.05, 4.69) is 27.0 Å². The van der Waals surface area contributed by atoms with Crippen LogP contribution in [0.15, 0.2) is 30.5 Å². The van der Waals surface area contributed by atoms with Gasteiger partial charge in [0.25, 0.3) is 5.91 Å². The largest absolute Gasteiger partial charge is 0.345 e. The van der Waals surface area contributed by atoms with Crippen molar-refractivity contribution in [2.45, 2.75) is 45.7 Å². The number of likely N-dealkylation sites (tertiary alicyclic amines) is 1. The van der Waals surface area contributed by atoms with E-state index in [4.69, 9.17) is 0 Å². The Bertz CT molecular complexity index is 684. The van der Waals surface area contributed by atoms with Crippen LogP contribution in [0.5, 0.6) is 0 Å². The summed E-state index contributed by atoms with van der Waals surface area (Å²) in [4.78, 5) is 24.2. The second-order valence-electron chi connectivity index (χ2n) is 7.06. The molecule has 1 saturated heterocycles. The number of imidazole rings is 1. The van der Waals surface area contributed by atoms with E-state index < -0.39 is 0 Å². The summed E-state index contributed by atoms with van der Waals surface area (Å²) < 4.78 is 0. The number of amides is 1. The van der Waals surface area contributed by atoms with Crippen LogP contribution in [-0.4, -0.2) is 45.8 Å². The van der Waals surface area contributed by atoms with Gasteiger partial charge < -0.3 is 9.88 Å². The summed E-state index contributed by atoms with van der Waals surface area (Å²) in [7, 11) is 1.81. The number of carbonyl (C=O) groups excluding carboxylic acids is 1. The Morgan fingerprint density at radius 2 is 1.84 bits per heavy atom. The van der Waals surface area contributed by atoms with E-state index in [0.29, 0.717) is 6.54 Å². The van der Waals surface area contributed by atoms with Crippen molar-refractivity contribution in [3.63, 3.8) is 0 Å². The molecule has 0 radical (unpaired) electrons. The highest BCUT2D eigenvalue weighted by Crippen LogP contribution is 2.15. The van der Waals surface area contributed by atoms with E-state index in [1.165, 1.54) is 44.3 Å². The summed E-state index contributed by atoms with van der Waals surface area (Å²) in [5.74, 6) is 0.835. The molecule has 2 heterocycles. The summed E-state index contributed by atoms with van der Waals surface area (Å²) in [5.41, 5.74) is 3.02. The normalized spacial score (nSPS) is 15.8. The molecule has 0 aliphatic carbocycles. The van der Waals surface area contributed by atoms with Crippen molar-refractivity contribution in [1.29, 1.82) is 0 Å². The minimum absolute atomic E-state index is 0.0235. The summed E-state index contributed by atoms with van der Waals surface area (Å²) in [6, 6.07) is 8.06. The number of aromatic amines is 1. The van der Waals surface area contributed by atoms with Gasteiger partial charge in [0, 0.05) is 31.0 Å². The smallest absolute Gasteiger partial charge is 0.253 e. The van der Waals surface area contributed by atoms with E-state index in [1.54, 1.807) is 11.1 Å². The predicted molar refractivity (Wildman–Crippen MR) is 99.3 cm³/mol. The summed E-state index contributed by atoms with van der Waals surface area (Å²) in [6.07, 6.45) is 7.09. The first-order valence-electron chi connectivity index (χ1n) is 9.19. The van der Waals surface area contributed by atoms with Crippen LogP contribution in [0.25, 0.3) is 0 Å². The minimum Gasteiger partial charge on any atom is -0.345 e. The maximum atomic E-state index is 12.6. The van der Waals surface area contributed by atoms with Crippen molar-refractivity contribution < 1.29 is 4.79 Å². The molecule has 5 nitrogen and oxygen atoms in total. The van der Waals surface area contributed by atoms with Crippen molar-refractivity contribution in [2.24, 2.45) is 0 Å². The second kappa shape index (κ2) is 8.30. The average molecular weight is 340 g/mol. The molecule has 3 rings (SSSR count). The standard InChI is InChI=1S/C20H28N4O/c1-16-13-21-19(22-16)15-23(2)20(25)18-9-7-17(8-10-18)14-24-11-5-3-4-6-12-24/h7-10,13H,3-6,11-12,14-15H2,1-2H3,(H,21,22). The van der Waals surface area contributed by atoms with Gasteiger partial charge in [-0.2, -0.15) is 0 Å². The second-order valence-corrected chi connectivity index (χ2v) is 7.06. The first kappa shape index (κ1) is 17.7. The Morgan fingerprint density at radius 1 is 1.16 bits per heavy atom. The maximum absolute atomic E-state index is 12.6. The van der Waals surface area contributed by atoms with Gasteiger partial charge in [0.2, 0.25) is 0 Å². The molecule has 25 heavy (non-hydrogen) atoms. The Hall–Kier alpha value is -2.14. The van der Waals surface area contributed by atoms with Crippen LogP contribution in [0.4, 0.5) is 0 Å². The molecule has 1 N–H and O–H groups in total. The molecular weight excluding hydrogens is 312 g/mol. The van der Waals surface area contributed by atoms with Crippen LogP contribution < -0.4 is 0 Å². The highest BCUT2D eigenvalue weighted by molar-refractivity contribution is 5.94. The molecular formula is C20H28N4O. The third kappa shape index (κ3) is 4.92. The Morgan fingerprint density at radius 3 is 2.44 bits per heavy atom. The van der Waals surface area contributed by atoms with Gasteiger partial charge in [0.15, 0.2) is 0 Å². The molecule has 134 valence electrons. The molecule has 5 heteroatoms. The molecule has 1 fully saturated rings. The molecule has 0 unspecified atom stereocenters. The topological polar surface area (TPSA) is 52.2 Å². The van der Waals surface area contributed by atoms with Gasteiger partial charge in [-0.15, -0.1) is 0 Å². The van der Waals surface area contributed by atoms with Crippen molar-refractivity contribution in [3.05, 3.63) is 53.1 Å². The van der Waals surface area contributed by atoms with E-state index in [0.717, 1.165) is 23.6 Å². The molecule has 2 aromatic rings.